The number of piperidine rings is 2. The monoisotopic (exact) mass is 342 g/mol. The Morgan fingerprint density at radius 2 is 2.00 bits per heavy atom. The van der Waals surface area contributed by atoms with Crippen LogP contribution in [0.15, 0.2) is 47.3 Å². The first kappa shape index (κ1) is 16.1. The maximum Gasteiger partial charge on any atom is 0.410 e. The molecule has 0 radical (unpaired) electrons. The average Bonchev–Trinajstić information content (AvgIpc) is 3.15. The lowest BCUT2D eigenvalue weighted by Gasteiger charge is -2.50. The van der Waals surface area contributed by atoms with E-state index in [-0.39, 0.29) is 24.8 Å². The van der Waals surface area contributed by atoms with Crippen molar-refractivity contribution in [2.45, 2.75) is 56.4 Å². The molecule has 3 heterocycles. The summed E-state index contributed by atoms with van der Waals surface area (Å²) in [5, 5.41) is 14.8. The predicted molar refractivity (Wildman–Crippen MR) is 89.5 cm³/mol. The molecule has 2 unspecified atom stereocenters. The fourth-order valence-electron chi connectivity index (χ4n) is 4.19. The van der Waals surface area contributed by atoms with E-state index in [9.17, 15) is 9.90 Å². The number of hydrogen-bond acceptors (Lipinski definition) is 5. The van der Waals surface area contributed by atoms with E-state index in [1.165, 1.54) is 6.26 Å². The average molecular weight is 342 g/mol. The molecule has 0 aliphatic carbocycles. The number of ether oxygens (including phenoxy) is 1. The van der Waals surface area contributed by atoms with Crippen molar-refractivity contribution in [2.75, 3.05) is 0 Å². The fraction of sp³-hybridized carbons (Fsp3) is 0.474. The maximum atomic E-state index is 12.7. The Bertz CT molecular complexity index is 702. The Morgan fingerprint density at radius 3 is 2.64 bits per heavy atom. The maximum absolute atomic E-state index is 12.7. The van der Waals surface area contributed by atoms with Crippen LogP contribution >= 0.6 is 0 Å². The van der Waals surface area contributed by atoms with Crippen LogP contribution in [0, 0.1) is 0 Å². The first-order valence-corrected chi connectivity index (χ1v) is 8.77. The molecule has 0 saturated carbocycles. The quantitative estimate of drug-likeness (QED) is 0.927. The Balaban J connectivity index is 1.47. The number of nitrogens with zero attached hydrogens (tertiary/aromatic N) is 2. The van der Waals surface area contributed by atoms with Crippen LogP contribution < -0.4 is 0 Å². The van der Waals surface area contributed by atoms with Gasteiger partial charge in [-0.05, 0) is 24.8 Å². The third-order valence-corrected chi connectivity index (χ3v) is 5.39. The summed E-state index contributed by atoms with van der Waals surface area (Å²) in [6.45, 7) is 0.269. The smallest absolute Gasteiger partial charge is 0.410 e. The number of aliphatic hydroxyl groups is 1. The Hall–Kier alpha value is -2.34. The number of carbonyl (C=O) groups excluding carboxylic acids is 1. The van der Waals surface area contributed by atoms with E-state index < -0.39 is 5.60 Å². The van der Waals surface area contributed by atoms with Crippen LogP contribution in [0.5, 0.6) is 0 Å². The summed E-state index contributed by atoms with van der Waals surface area (Å²) >= 11 is 0. The molecule has 132 valence electrons. The molecule has 1 N–H and O–H groups in total. The summed E-state index contributed by atoms with van der Waals surface area (Å²) in [5.74, 6) is 0. The van der Waals surface area contributed by atoms with Gasteiger partial charge in [0.15, 0.2) is 0 Å². The summed E-state index contributed by atoms with van der Waals surface area (Å²) in [7, 11) is 0. The minimum atomic E-state index is -0.980. The van der Waals surface area contributed by atoms with Crippen molar-refractivity contribution in [3.63, 3.8) is 0 Å². The Labute approximate surface area is 146 Å². The van der Waals surface area contributed by atoms with Gasteiger partial charge in [-0.3, -0.25) is 0 Å². The molecule has 2 atom stereocenters. The first-order chi connectivity index (χ1) is 12.2. The molecule has 1 aromatic carbocycles. The van der Waals surface area contributed by atoms with Crippen molar-refractivity contribution >= 4 is 6.09 Å². The summed E-state index contributed by atoms with van der Waals surface area (Å²) in [6, 6.07) is 9.64. The highest BCUT2D eigenvalue weighted by atomic mass is 16.6. The highest BCUT2D eigenvalue weighted by molar-refractivity contribution is 5.69. The molecule has 6 nitrogen and oxygen atoms in total. The van der Waals surface area contributed by atoms with Gasteiger partial charge in [0.05, 0.1) is 11.8 Å². The molecule has 2 aromatic rings. The second-order valence-corrected chi connectivity index (χ2v) is 7.04. The molecule has 2 bridgehead atoms. The standard InChI is InChI=1S/C19H22N2O4/c22-18(24-12-14-5-2-1-3-6-14)21-16-7-4-8-17(21)10-19(23,9-16)15-11-20-25-13-15/h1-3,5-6,11,13,16-17,23H,4,7-10,12H2. The lowest BCUT2D eigenvalue weighted by Crippen LogP contribution is -2.58. The third kappa shape index (κ3) is 3.14. The van der Waals surface area contributed by atoms with E-state index in [4.69, 9.17) is 9.26 Å². The number of benzene rings is 1. The van der Waals surface area contributed by atoms with Gasteiger partial charge in [0, 0.05) is 30.5 Å². The van der Waals surface area contributed by atoms with Gasteiger partial charge in [0.1, 0.15) is 12.9 Å². The molecule has 2 aliphatic rings. The fourth-order valence-corrected chi connectivity index (χ4v) is 4.19. The van der Waals surface area contributed by atoms with Gasteiger partial charge in [-0.15, -0.1) is 0 Å². The molecule has 6 heteroatoms. The number of rotatable bonds is 3. The van der Waals surface area contributed by atoms with Crippen molar-refractivity contribution in [3.8, 4) is 0 Å². The van der Waals surface area contributed by atoms with Gasteiger partial charge in [-0.2, -0.15) is 0 Å². The number of carbonyl (C=O) groups is 1. The summed E-state index contributed by atoms with van der Waals surface area (Å²) in [4.78, 5) is 14.5. The zero-order valence-electron chi connectivity index (χ0n) is 14.0. The van der Waals surface area contributed by atoms with E-state index in [0.29, 0.717) is 18.4 Å². The van der Waals surface area contributed by atoms with Crippen LogP contribution in [-0.4, -0.2) is 33.3 Å². The highest BCUT2D eigenvalue weighted by Gasteiger charge is 2.49. The zero-order valence-corrected chi connectivity index (χ0v) is 14.0. The van der Waals surface area contributed by atoms with Crippen molar-refractivity contribution in [1.82, 2.24) is 10.1 Å². The van der Waals surface area contributed by atoms with Crippen molar-refractivity contribution in [2.24, 2.45) is 0 Å². The minimum absolute atomic E-state index is 0.0179. The topological polar surface area (TPSA) is 75.8 Å². The highest BCUT2D eigenvalue weighted by Crippen LogP contribution is 2.44. The molecule has 4 rings (SSSR count). The van der Waals surface area contributed by atoms with Crippen LogP contribution in [0.2, 0.25) is 0 Å². The van der Waals surface area contributed by atoms with Crippen molar-refractivity contribution in [3.05, 3.63) is 53.9 Å². The van der Waals surface area contributed by atoms with Crippen LogP contribution in [0.1, 0.15) is 43.2 Å². The Morgan fingerprint density at radius 1 is 1.28 bits per heavy atom. The Kier molecular flexibility index (Phi) is 4.21. The lowest BCUT2D eigenvalue weighted by atomic mass is 9.73. The van der Waals surface area contributed by atoms with E-state index >= 15 is 0 Å². The van der Waals surface area contributed by atoms with Crippen LogP contribution in [-0.2, 0) is 16.9 Å². The van der Waals surface area contributed by atoms with E-state index in [1.807, 2.05) is 35.2 Å². The third-order valence-electron chi connectivity index (χ3n) is 5.39. The van der Waals surface area contributed by atoms with Gasteiger partial charge in [-0.25, -0.2) is 4.79 Å². The molecule has 2 aliphatic heterocycles. The summed E-state index contributed by atoms with van der Waals surface area (Å²) in [6.07, 6.45) is 6.59. The number of aromatic nitrogens is 1. The molecule has 2 saturated heterocycles. The van der Waals surface area contributed by atoms with Crippen molar-refractivity contribution < 1.29 is 19.2 Å². The van der Waals surface area contributed by atoms with Crippen LogP contribution in [0.3, 0.4) is 0 Å². The summed E-state index contributed by atoms with van der Waals surface area (Å²) < 4.78 is 10.4. The SMILES string of the molecule is O=C(OCc1ccccc1)N1C2CCCC1CC(O)(c1cnoc1)C2. The molecular formula is C19H22N2O4. The van der Waals surface area contributed by atoms with Gasteiger partial charge < -0.3 is 19.3 Å². The number of fused-ring (bicyclic) bond motifs is 2. The molecule has 25 heavy (non-hydrogen) atoms. The second-order valence-electron chi connectivity index (χ2n) is 7.04. The van der Waals surface area contributed by atoms with Crippen LogP contribution in [0.25, 0.3) is 0 Å². The predicted octanol–water partition coefficient (Wildman–Crippen LogP) is 3.22. The van der Waals surface area contributed by atoms with Gasteiger partial charge in [0.25, 0.3) is 0 Å². The van der Waals surface area contributed by atoms with Gasteiger partial charge in [-0.1, -0.05) is 35.5 Å². The summed E-state index contributed by atoms with van der Waals surface area (Å²) in [5.41, 5.74) is 0.687. The molecule has 1 aromatic heterocycles. The van der Waals surface area contributed by atoms with E-state index in [2.05, 4.69) is 5.16 Å². The van der Waals surface area contributed by atoms with Gasteiger partial charge in [0.2, 0.25) is 0 Å². The molecule has 1 amide bonds. The number of amides is 1. The lowest BCUT2D eigenvalue weighted by molar-refractivity contribution is -0.0898. The van der Waals surface area contributed by atoms with Gasteiger partial charge >= 0.3 is 6.09 Å². The van der Waals surface area contributed by atoms with E-state index in [0.717, 1.165) is 24.8 Å². The normalized spacial score (nSPS) is 28.6. The van der Waals surface area contributed by atoms with Crippen LogP contribution in [0.4, 0.5) is 4.79 Å². The molecule has 0 spiro atoms. The van der Waals surface area contributed by atoms with E-state index in [1.54, 1.807) is 6.20 Å². The number of hydrogen-bond donors (Lipinski definition) is 1. The minimum Gasteiger partial charge on any atom is -0.445 e. The second kappa shape index (κ2) is 6.52. The molecular weight excluding hydrogens is 320 g/mol. The zero-order chi connectivity index (χ0) is 17.3. The largest absolute Gasteiger partial charge is 0.445 e. The van der Waals surface area contributed by atoms with Crippen molar-refractivity contribution in [1.29, 1.82) is 0 Å². The molecule has 2 fully saturated rings. The first-order valence-electron chi connectivity index (χ1n) is 8.77.